The molecular weight excluding hydrogens is 198 g/mol. The van der Waals surface area contributed by atoms with E-state index in [1.807, 2.05) is 0 Å². The van der Waals surface area contributed by atoms with Crippen molar-refractivity contribution in [1.82, 2.24) is 0 Å². The molecule has 0 heterocycles. The molecule has 0 spiro atoms. The fourth-order valence-electron chi connectivity index (χ4n) is 1.28. The largest absolute Gasteiger partial charge is 0.496 e. The second-order valence-electron chi connectivity index (χ2n) is 3.13. The highest BCUT2D eigenvalue weighted by molar-refractivity contribution is 5.81. The molecule has 0 saturated carbocycles. The maximum absolute atomic E-state index is 11.0. The summed E-state index contributed by atoms with van der Waals surface area (Å²) in [6, 6.07) is 6.44. The van der Waals surface area contributed by atoms with E-state index >= 15 is 0 Å². The highest BCUT2D eigenvalue weighted by Crippen LogP contribution is 2.27. The molecule has 1 rings (SSSR count). The lowest BCUT2D eigenvalue weighted by atomic mass is 9.91. The van der Waals surface area contributed by atoms with Crippen molar-refractivity contribution in [1.29, 1.82) is 0 Å². The van der Waals surface area contributed by atoms with Crippen LogP contribution in [0.3, 0.4) is 0 Å². The van der Waals surface area contributed by atoms with Gasteiger partial charge in [0.05, 0.1) is 13.7 Å². The number of aliphatic hydroxyl groups excluding tert-OH is 1. The van der Waals surface area contributed by atoms with Gasteiger partial charge in [0.1, 0.15) is 5.75 Å². The molecule has 1 unspecified atom stereocenters. The normalized spacial score (nSPS) is 14.3. The number of carbonyl (C=O) groups is 1. The van der Waals surface area contributed by atoms with Gasteiger partial charge in [0, 0.05) is 5.56 Å². The first-order valence-electron chi connectivity index (χ1n) is 4.33. The minimum Gasteiger partial charge on any atom is -0.496 e. The topological polar surface area (TPSA) is 92.8 Å². The third-order valence-electron chi connectivity index (χ3n) is 2.22. The van der Waals surface area contributed by atoms with E-state index in [1.54, 1.807) is 18.2 Å². The van der Waals surface area contributed by atoms with Crippen LogP contribution in [0.1, 0.15) is 5.56 Å². The van der Waals surface area contributed by atoms with Crippen LogP contribution in [-0.2, 0) is 10.3 Å². The molecule has 5 heteroatoms. The van der Waals surface area contributed by atoms with E-state index in [-0.39, 0.29) is 5.56 Å². The minimum atomic E-state index is -1.83. The van der Waals surface area contributed by atoms with Crippen LogP contribution in [-0.4, -0.2) is 29.9 Å². The first-order valence-corrected chi connectivity index (χ1v) is 4.33. The molecule has 82 valence electrons. The van der Waals surface area contributed by atoms with Gasteiger partial charge in [-0.3, -0.25) is 0 Å². The molecule has 1 aromatic carbocycles. The number of ether oxygens (including phenoxy) is 1. The first-order chi connectivity index (χ1) is 7.06. The van der Waals surface area contributed by atoms with Crippen LogP contribution in [0.2, 0.25) is 0 Å². The van der Waals surface area contributed by atoms with Crippen LogP contribution in [0, 0.1) is 0 Å². The number of aliphatic hydroxyl groups is 1. The van der Waals surface area contributed by atoms with Crippen LogP contribution < -0.4 is 10.5 Å². The Morgan fingerprint density at radius 3 is 2.60 bits per heavy atom. The Balaban J connectivity index is 3.29. The van der Waals surface area contributed by atoms with Crippen molar-refractivity contribution in [3.8, 4) is 5.75 Å². The van der Waals surface area contributed by atoms with Gasteiger partial charge in [-0.15, -0.1) is 0 Å². The van der Waals surface area contributed by atoms with Gasteiger partial charge >= 0.3 is 5.97 Å². The van der Waals surface area contributed by atoms with Gasteiger partial charge in [-0.25, -0.2) is 4.79 Å². The zero-order valence-electron chi connectivity index (χ0n) is 8.30. The Labute approximate surface area is 87.1 Å². The van der Waals surface area contributed by atoms with E-state index < -0.39 is 18.1 Å². The summed E-state index contributed by atoms with van der Waals surface area (Å²) in [6.07, 6.45) is 0. The molecule has 0 radical (unpaired) electrons. The van der Waals surface area contributed by atoms with Gasteiger partial charge in [-0.2, -0.15) is 0 Å². The molecule has 15 heavy (non-hydrogen) atoms. The van der Waals surface area contributed by atoms with Crippen LogP contribution in [0.25, 0.3) is 0 Å². The van der Waals surface area contributed by atoms with Crippen molar-refractivity contribution in [3.05, 3.63) is 29.8 Å². The van der Waals surface area contributed by atoms with Gasteiger partial charge in [0.25, 0.3) is 0 Å². The number of carboxylic acids is 1. The Morgan fingerprint density at radius 1 is 1.53 bits per heavy atom. The fraction of sp³-hybridized carbons (Fsp3) is 0.300. The number of methoxy groups -OCH3 is 1. The van der Waals surface area contributed by atoms with Crippen molar-refractivity contribution >= 4 is 5.97 Å². The summed E-state index contributed by atoms with van der Waals surface area (Å²) in [5, 5.41) is 18.0. The zero-order chi connectivity index (χ0) is 11.5. The molecule has 5 nitrogen and oxygen atoms in total. The Bertz CT molecular complexity index is 366. The third-order valence-corrected chi connectivity index (χ3v) is 2.22. The second-order valence-corrected chi connectivity index (χ2v) is 3.13. The van der Waals surface area contributed by atoms with Crippen LogP contribution in [0.15, 0.2) is 24.3 Å². The molecule has 0 aromatic heterocycles. The summed E-state index contributed by atoms with van der Waals surface area (Å²) in [5.41, 5.74) is 4.03. The van der Waals surface area contributed by atoms with E-state index in [2.05, 4.69) is 0 Å². The monoisotopic (exact) mass is 211 g/mol. The predicted octanol–water partition coefficient (Wildman–Crippen LogP) is -0.0739. The molecule has 0 fully saturated rings. The fourth-order valence-corrected chi connectivity index (χ4v) is 1.28. The lowest BCUT2D eigenvalue weighted by Crippen LogP contribution is -2.48. The third kappa shape index (κ3) is 1.93. The Hall–Kier alpha value is -1.59. The van der Waals surface area contributed by atoms with E-state index in [0.717, 1.165) is 0 Å². The minimum absolute atomic E-state index is 0.252. The van der Waals surface area contributed by atoms with E-state index in [1.165, 1.54) is 13.2 Å². The Morgan fingerprint density at radius 2 is 2.13 bits per heavy atom. The second kappa shape index (κ2) is 4.29. The molecule has 0 saturated heterocycles. The summed E-state index contributed by atoms with van der Waals surface area (Å²) in [6.45, 7) is -0.692. The number of benzene rings is 1. The molecule has 0 bridgehead atoms. The van der Waals surface area contributed by atoms with Gasteiger partial charge in [0.15, 0.2) is 5.54 Å². The quantitative estimate of drug-likeness (QED) is 0.648. The smallest absolute Gasteiger partial charge is 0.330 e. The first kappa shape index (κ1) is 11.5. The molecule has 1 aromatic rings. The van der Waals surface area contributed by atoms with E-state index in [9.17, 15) is 4.79 Å². The lowest BCUT2D eigenvalue weighted by molar-refractivity contribution is -0.145. The predicted molar refractivity (Wildman–Crippen MR) is 53.6 cm³/mol. The molecular formula is C10H13NO4. The zero-order valence-corrected chi connectivity index (χ0v) is 8.30. The van der Waals surface area contributed by atoms with E-state index in [0.29, 0.717) is 5.75 Å². The molecule has 0 aliphatic rings. The van der Waals surface area contributed by atoms with Gasteiger partial charge in [0.2, 0.25) is 0 Å². The van der Waals surface area contributed by atoms with Gasteiger partial charge in [-0.1, -0.05) is 18.2 Å². The summed E-state index contributed by atoms with van der Waals surface area (Å²) in [4.78, 5) is 11.0. The Kier molecular flexibility index (Phi) is 3.28. The number of hydrogen-bond donors (Lipinski definition) is 3. The summed E-state index contributed by atoms with van der Waals surface area (Å²) >= 11 is 0. The lowest BCUT2D eigenvalue weighted by Gasteiger charge is -2.24. The van der Waals surface area contributed by atoms with Crippen LogP contribution in [0.5, 0.6) is 5.75 Å². The number of carboxylic acid groups (broad SMARTS) is 1. The van der Waals surface area contributed by atoms with Crippen LogP contribution >= 0.6 is 0 Å². The van der Waals surface area contributed by atoms with Gasteiger partial charge < -0.3 is 20.7 Å². The van der Waals surface area contributed by atoms with Crippen molar-refractivity contribution in [2.45, 2.75) is 5.54 Å². The van der Waals surface area contributed by atoms with Crippen LogP contribution in [0.4, 0.5) is 0 Å². The number of para-hydroxylation sites is 1. The van der Waals surface area contributed by atoms with Crippen molar-refractivity contribution < 1.29 is 19.7 Å². The molecule has 0 amide bonds. The van der Waals surface area contributed by atoms with Gasteiger partial charge in [-0.05, 0) is 6.07 Å². The number of hydrogen-bond acceptors (Lipinski definition) is 4. The maximum atomic E-state index is 11.0. The summed E-state index contributed by atoms with van der Waals surface area (Å²) in [5.74, 6) is -0.953. The molecule has 0 aliphatic carbocycles. The molecule has 4 N–H and O–H groups in total. The SMILES string of the molecule is COc1ccccc1C(N)(CO)C(=O)O. The van der Waals surface area contributed by atoms with Crippen molar-refractivity contribution in [2.24, 2.45) is 5.73 Å². The number of aliphatic carboxylic acids is 1. The average molecular weight is 211 g/mol. The molecule has 0 aliphatic heterocycles. The standard InChI is InChI=1S/C10H13NO4/c1-15-8-5-3-2-4-7(8)10(11,6-12)9(13)14/h2-5,12H,6,11H2,1H3,(H,13,14). The number of rotatable bonds is 4. The van der Waals surface area contributed by atoms with E-state index in [4.69, 9.17) is 20.7 Å². The van der Waals surface area contributed by atoms with Crippen molar-refractivity contribution in [3.63, 3.8) is 0 Å². The summed E-state index contributed by atoms with van der Waals surface area (Å²) in [7, 11) is 1.42. The average Bonchev–Trinajstić information content (AvgIpc) is 2.27. The summed E-state index contributed by atoms with van der Waals surface area (Å²) < 4.78 is 4.99. The highest BCUT2D eigenvalue weighted by atomic mass is 16.5. The van der Waals surface area contributed by atoms with Crippen molar-refractivity contribution in [2.75, 3.05) is 13.7 Å². The number of nitrogens with two attached hydrogens (primary N) is 1. The highest BCUT2D eigenvalue weighted by Gasteiger charge is 2.37. The maximum Gasteiger partial charge on any atom is 0.330 e. The molecule has 1 atom stereocenters.